The summed E-state index contributed by atoms with van der Waals surface area (Å²) in [6.45, 7) is 5.65. The van der Waals surface area contributed by atoms with Gasteiger partial charge in [-0.1, -0.05) is 30.3 Å². The SMILES string of the molecule is CC(C)(C[C@@](C)(N)C(=O)O)OCc1ccccc1. The first-order valence-electron chi connectivity index (χ1n) is 5.93. The highest BCUT2D eigenvalue weighted by Crippen LogP contribution is 2.23. The van der Waals surface area contributed by atoms with Crippen molar-refractivity contribution in [3.05, 3.63) is 35.9 Å². The van der Waals surface area contributed by atoms with Crippen LogP contribution in [0.25, 0.3) is 0 Å². The highest BCUT2D eigenvalue weighted by Gasteiger charge is 2.35. The van der Waals surface area contributed by atoms with E-state index < -0.39 is 17.1 Å². The van der Waals surface area contributed by atoms with Crippen molar-refractivity contribution >= 4 is 5.97 Å². The fourth-order valence-corrected chi connectivity index (χ4v) is 1.86. The van der Waals surface area contributed by atoms with E-state index in [1.807, 2.05) is 44.2 Å². The molecule has 0 heterocycles. The van der Waals surface area contributed by atoms with Crippen LogP contribution in [0.5, 0.6) is 0 Å². The van der Waals surface area contributed by atoms with E-state index in [9.17, 15) is 4.79 Å². The molecule has 0 unspecified atom stereocenters. The van der Waals surface area contributed by atoms with Gasteiger partial charge in [0.25, 0.3) is 0 Å². The molecule has 4 nitrogen and oxygen atoms in total. The third-order valence-corrected chi connectivity index (χ3v) is 2.75. The van der Waals surface area contributed by atoms with Gasteiger partial charge in [0.1, 0.15) is 5.54 Å². The standard InChI is InChI=1S/C14H21NO3/c1-13(2,10-14(3,15)12(16)17)18-9-11-7-5-4-6-8-11/h4-8H,9-10,15H2,1-3H3,(H,16,17)/t14-/m1/s1. The average molecular weight is 251 g/mol. The molecule has 1 atom stereocenters. The predicted octanol–water partition coefficient (Wildman–Crippen LogP) is 2.17. The molecule has 0 bridgehead atoms. The van der Waals surface area contributed by atoms with Crippen LogP contribution >= 0.6 is 0 Å². The maximum absolute atomic E-state index is 11.0. The van der Waals surface area contributed by atoms with E-state index in [0.717, 1.165) is 5.56 Å². The summed E-state index contributed by atoms with van der Waals surface area (Å²) in [7, 11) is 0. The number of aliphatic carboxylic acids is 1. The monoisotopic (exact) mass is 251 g/mol. The Hall–Kier alpha value is -1.39. The lowest BCUT2D eigenvalue weighted by atomic mass is 9.88. The second-order valence-electron chi connectivity index (χ2n) is 5.43. The summed E-state index contributed by atoms with van der Waals surface area (Å²) in [4.78, 5) is 11.0. The van der Waals surface area contributed by atoms with Gasteiger partial charge in [0.15, 0.2) is 0 Å². The molecule has 1 aromatic rings. The number of rotatable bonds is 6. The molecule has 0 aliphatic carbocycles. The van der Waals surface area contributed by atoms with E-state index in [4.69, 9.17) is 15.6 Å². The van der Waals surface area contributed by atoms with Crippen molar-refractivity contribution < 1.29 is 14.6 Å². The fourth-order valence-electron chi connectivity index (χ4n) is 1.86. The first-order chi connectivity index (χ1) is 8.23. The Labute approximate surface area is 108 Å². The molecule has 0 aromatic heterocycles. The van der Waals surface area contributed by atoms with Crippen LogP contribution in [-0.2, 0) is 16.1 Å². The number of hydrogen-bond acceptors (Lipinski definition) is 3. The Bertz CT molecular complexity index is 399. The van der Waals surface area contributed by atoms with E-state index in [1.54, 1.807) is 0 Å². The van der Waals surface area contributed by atoms with Gasteiger partial charge in [-0.25, -0.2) is 0 Å². The van der Waals surface area contributed by atoms with Gasteiger partial charge in [-0.2, -0.15) is 0 Å². The van der Waals surface area contributed by atoms with Crippen LogP contribution < -0.4 is 5.73 Å². The van der Waals surface area contributed by atoms with E-state index >= 15 is 0 Å². The first kappa shape index (κ1) is 14.7. The summed E-state index contributed by atoms with van der Waals surface area (Å²) in [6, 6.07) is 9.76. The molecule has 0 spiro atoms. The summed E-state index contributed by atoms with van der Waals surface area (Å²) < 4.78 is 5.76. The van der Waals surface area contributed by atoms with Crippen LogP contribution in [0.2, 0.25) is 0 Å². The maximum Gasteiger partial charge on any atom is 0.323 e. The number of benzene rings is 1. The molecule has 3 N–H and O–H groups in total. The minimum absolute atomic E-state index is 0.252. The maximum atomic E-state index is 11.0. The molecule has 0 radical (unpaired) electrons. The summed E-state index contributed by atoms with van der Waals surface area (Å²) >= 11 is 0. The quantitative estimate of drug-likeness (QED) is 0.812. The van der Waals surface area contributed by atoms with E-state index in [-0.39, 0.29) is 6.42 Å². The number of carbonyl (C=O) groups is 1. The molecule has 100 valence electrons. The molecule has 0 amide bonds. The second-order valence-corrected chi connectivity index (χ2v) is 5.43. The second kappa shape index (κ2) is 5.50. The summed E-state index contributed by atoms with van der Waals surface area (Å²) in [5, 5.41) is 9.01. The topological polar surface area (TPSA) is 72.6 Å². The minimum atomic E-state index is -1.28. The molecule has 0 saturated heterocycles. The van der Waals surface area contributed by atoms with Crippen molar-refractivity contribution in [2.45, 2.75) is 44.9 Å². The van der Waals surface area contributed by atoms with Gasteiger partial charge in [0, 0.05) is 6.42 Å². The Morgan fingerprint density at radius 3 is 2.33 bits per heavy atom. The molecular formula is C14H21NO3. The van der Waals surface area contributed by atoms with Gasteiger partial charge in [0.2, 0.25) is 0 Å². The molecule has 18 heavy (non-hydrogen) atoms. The Kier molecular flexibility index (Phi) is 4.48. The lowest BCUT2D eigenvalue weighted by Crippen LogP contribution is -2.50. The Morgan fingerprint density at radius 2 is 1.83 bits per heavy atom. The van der Waals surface area contributed by atoms with E-state index in [1.165, 1.54) is 6.92 Å². The predicted molar refractivity (Wildman–Crippen MR) is 70.2 cm³/mol. The van der Waals surface area contributed by atoms with Crippen molar-refractivity contribution in [1.29, 1.82) is 0 Å². The minimum Gasteiger partial charge on any atom is -0.480 e. The van der Waals surface area contributed by atoms with Crippen LogP contribution in [-0.4, -0.2) is 22.2 Å². The van der Waals surface area contributed by atoms with Crippen molar-refractivity contribution in [3.63, 3.8) is 0 Å². The summed E-state index contributed by atoms with van der Waals surface area (Å²) in [6.07, 6.45) is 0.252. The van der Waals surface area contributed by atoms with Crippen molar-refractivity contribution in [2.75, 3.05) is 0 Å². The molecule has 0 aliphatic rings. The van der Waals surface area contributed by atoms with Crippen molar-refractivity contribution in [2.24, 2.45) is 5.73 Å². The number of carboxylic acids is 1. The zero-order valence-electron chi connectivity index (χ0n) is 11.1. The van der Waals surface area contributed by atoms with Gasteiger partial charge in [0.05, 0.1) is 12.2 Å². The fraction of sp³-hybridized carbons (Fsp3) is 0.500. The number of hydrogen-bond donors (Lipinski definition) is 2. The zero-order chi connectivity index (χ0) is 13.8. The smallest absolute Gasteiger partial charge is 0.323 e. The number of ether oxygens (including phenoxy) is 1. The summed E-state index contributed by atoms with van der Waals surface area (Å²) in [5.74, 6) is -1.01. The molecule has 1 rings (SSSR count). The Morgan fingerprint density at radius 1 is 1.28 bits per heavy atom. The van der Waals surface area contributed by atoms with Gasteiger partial charge in [-0.05, 0) is 26.3 Å². The highest BCUT2D eigenvalue weighted by molar-refractivity contribution is 5.77. The van der Waals surface area contributed by atoms with Crippen molar-refractivity contribution in [1.82, 2.24) is 0 Å². The third kappa shape index (κ3) is 4.47. The lowest BCUT2D eigenvalue weighted by Gasteiger charge is -2.32. The first-order valence-corrected chi connectivity index (χ1v) is 5.93. The molecular weight excluding hydrogens is 230 g/mol. The largest absolute Gasteiger partial charge is 0.480 e. The lowest BCUT2D eigenvalue weighted by molar-refractivity contribution is -0.146. The van der Waals surface area contributed by atoms with Crippen LogP contribution in [0.4, 0.5) is 0 Å². The zero-order valence-corrected chi connectivity index (χ0v) is 11.1. The van der Waals surface area contributed by atoms with Gasteiger partial charge >= 0.3 is 5.97 Å². The highest BCUT2D eigenvalue weighted by atomic mass is 16.5. The Balaban J connectivity index is 2.57. The summed E-state index contributed by atoms with van der Waals surface area (Å²) in [5.41, 5.74) is 4.93. The van der Waals surface area contributed by atoms with Gasteiger partial charge in [-0.15, -0.1) is 0 Å². The van der Waals surface area contributed by atoms with Gasteiger partial charge in [-0.3, -0.25) is 4.79 Å². The average Bonchev–Trinajstić information content (AvgIpc) is 2.26. The van der Waals surface area contributed by atoms with Crippen LogP contribution in [0.3, 0.4) is 0 Å². The molecule has 4 heteroatoms. The molecule has 1 aromatic carbocycles. The third-order valence-electron chi connectivity index (χ3n) is 2.75. The van der Waals surface area contributed by atoms with Crippen LogP contribution in [0.15, 0.2) is 30.3 Å². The normalized spacial score (nSPS) is 15.1. The van der Waals surface area contributed by atoms with E-state index in [2.05, 4.69) is 0 Å². The van der Waals surface area contributed by atoms with Gasteiger partial charge < -0.3 is 15.6 Å². The van der Waals surface area contributed by atoms with Crippen LogP contribution in [0.1, 0.15) is 32.8 Å². The number of carboxylic acid groups (broad SMARTS) is 1. The van der Waals surface area contributed by atoms with Crippen LogP contribution in [0, 0.1) is 0 Å². The van der Waals surface area contributed by atoms with Crippen molar-refractivity contribution in [3.8, 4) is 0 Å². The van der Waals surface area contributed by atoms with E-state index in [0.29, 0.717) is 6.61 Å². The number of nitrogens with two attached hydrogens (primary N) is 1. The molecule has 0 fully saturated rings. The molecule has 0 saturated carbocycles. The molecule has 0 aliphatic heterocycles.